The van der Waals surface area contributed by atoms with Crippen molar-refractivity contribution in [3.8, 4) is 0 Å². The Morgan fingerprint density at radius 1 is 1.33 bits per heavy atom. The van der Waals surface area contributed by atoms with Gasteiger partial charge in [0.1, 0.15) is 0 Å². The largest absolute Gasteiger partial charge is 0.349 e. The Hall–Kier alpha value is -0.360. The van der Waals surface area contributed by atoms with Crippen LogP contribution in [0.25, 0.3) is 0 Å². The highest BCUT2D eigenvalue weighted by molar-refractivity contribution is 7.36. The maximum Gasteiger partial charge on any atom is 0.222 e. The standard InChI is InChI=1S/C9H18NOP/c1-10(2)9(11)7-5-4-6-8-12-3/h3-8H2,1-2H3. The zero-order valence-electron chi connectivity index (χ0n) is 8.05. The normalized spacial score (nSPS) is 10.2. The minimum atomic E-state index is 0.238. The van der Waals surface area contributed by atoms with E-state index >= 15 is 0 Å². The van der Waals surface area contributed by atoms with Crippen LogP contribution in [0.15, 0.2) is 0 Å². The van der Waals surface area contributed by atoms with Crippen LogP contribution in [0.3, 0.4) is 0 Å². The Kier molecular flexibility index (Phi) is 7.08. The number of carbonyl (C=O) groups excluding carboxylic acids is 1. The summed E-state index contributed by atoms with van der Waals surface area (Å²) in [5.74, 6) is 0.238. The first-order valence-corrected chi connectivity index (χ1v) is 5.57. The Labute approximate surface area is 76.8 Å². The van der Waals surface area contributed by atoms with Crippen molar-refractivity contribution in [2.45, 2.75) is 25.7 Å². The molecule has 0 spiro atoms. The van der Waals surface area contributed by atoms with Crippen molar-refractivity contribution in [2.24, 2.45) is 0 Å². The van der Waals surface area contributed by atoms with E-state index in [2.05, 4.69) is 6.30 Å². The molecular weight excluding hydrogens is 169 g/mol. The summed E-state index contributed by atoms with van der Waals surface area (Å²) in [5, 5.41) is 0. The van der Waals surface area contributed by atoms with Gasteiger partial charge in [-0.25, -0.2) is 0 Å². The Morgan fingerprint density at radius 2 is 2.00 bits per heavy atom. The van der Waals surface area contributed by atoms with E-state index in [-0.39, 0.29) is 5.91 Å². The Bertz CT molecular complexity index is 145. The number of carbonyl (C=O) groups is 1. The van der Waals surface area contributed by atoms with Crippen LogP contribution in [-0.2, 0) is 4.79 Å². The Morgan fingerprint density at radius 3 is 2.50 bits per heavy atom. The average Bonchev–Trinajstić information content (AvgIpc) is 2.03. The fourth-order valence-corrected chi connectivity index (χ4v) is 1.35. The predicted octanol–water partition coefficient (Wildman–Crippen LogP) is 2.01. The van der Waals surface area contributed by atoms with Gasteiger partial charge in [0.05, 0.1) is 0 Å². The van der Waals surface area contributed by atoms with E-state index < -0.39 is 0 Å². The van der Waals surface area contributed by atoms with Crippen LogP contribution < -0.4 is 0 Å². The van der Waals surface area contributed by atoms with Crippen LogP contribution in [0.2, 0.25) is 0 Å². The van der Waals surface area contributed by atoms with Crippen molar-refractivity contribution >= 4 is 20.4 Å². The second-order valence-electron chi connectivity index (χ2n) is 3.05. The molecule has 0 saturated heterocycles. The number of rotatable bonds is 6. The first kappa shape index (κ1) is 11.6. The van der Waals surface area contributed by atoms with Crippen molar-refractivity contribution in [1.82, 2.24) is 4.90 Å². The third-order valence-corrected chi connectivity index (χ3v) is 2.34. The van der Waals surface area contributed by atoms with Gasteiger partial charge in [-0.15, -0.1) is 8.20 Å². The van der Waals surface area contributed by atoms with Crippen molar-refractivity contribution in [3.63, 3.8) is 0 Å². The van der Waals surface area contributed by atoms with Gasteiger partial charge in [-0.3, -0.25) is 4.79 Å². The average molecular weight is 187 g/mol. The van der Waals surface area contributed by atoms with E-state index in [1.807, 2.05) is 0 Å². The highest BCUT2D eigenvalue weighted by Crippen LogP contribution is 2.04. The molecule has 0 aliphatic heterocycles. The van der Waals surface area contributed by atoms with Crippen LogP contribution in [-0.4, -0.2) is 37.4 Å². The minimum absolute atomic E-state index is 0.238. The fraction of sp³-hybridized carbons (Fsp3) is 0.778. The zero-order chi connectivity index (χ0) is 9.40. The SMILES string of the molecule is C=PCCCCCC(=O)N(C)C. The molecule has 0 unspecified atom stereocenters. The van der Waals surface area contributed by atoms with Crippen molar-refractivity contribution in [2.75, 3.05) is 20.3 Å². The van der Waals surface area contributed by atoms with E-state index in [0.717, 1.165) is 19.0 Å². The predicted molar refractivity (Wildman–Crippen MR) is 56.1 cm³/mol. The summed E-state index contributed by atoms with van der Waals surface area (Å²) in [6, 6.07) is 0. The summed E-state index contributed by atoms with van der Waals surface area (Å²) in [6.07, 6.45) is 8.98. The van der Waals surface area contributed by atoms with Gasteiger partial charge in [0, 0.05) is 20.5 Å². The zero-order valence-corrected chi connectivity index (χ0v) is 8.94. The summed E-state index contributed by atoms with van der Waals surface area (Å²) in [6.45, 7) is 0. The van der Waals surface area contributed by atoms with Crippen molar-refractivity contribution in [3.05, 3.63) is 0 Å². The molecule has 0 fully saturated rings. The van der Waals surface area contributed by atoms with Gasteiger partial charge in [-0.2, -0.15) is 0 Å². The number of hydrogen-bond donors (Lipinski definition) is 0. The molecule has 0 aliphatic carbocycles. The van der Waals surface area contributed by atoms with Crippen LogP contribution in [0, 0.1) is 0 Å². The molecule has 0 rings (SSSR count). The van der Waals surface area contributed by atoms with Gasteiger partial charge in [0.15, 0.2) is 0 Å². The van der Waals surface area contributed by atoms with Crippen molar-refractivity contribution < 1.29 is 4.79 Å². The molecule has 1 amide bonds. The van der Waals surface area contributed by atoms with E-state index in [1.165, 1.54) is 14.6 Å². The van der Waals surface area contributed by atoms with Crippen LogP contribution in [0.5, 0.6) is 0 Å². The van der Waals surface area contributed by atoms with Gasteiger partial charge < -0.3 is 4.90 Å². The minimum Gasteiger partial charge on any atom is -0.349 e. The maximum absolute atomic E-state index is 11.1. The number of unbranched alkanes of at least 4 members (excludes halogenated alkanes) is 2. The number of nitrogens with zero attached hydrogens (tertiary/aromatic N) is 1. The summed E-state index contributed by atoms with van der Waals surface area (Å²) in [5.41, 5.74) is 0. The first-order valence-electron chi connectivity index (χ1n) is 4.31. The van der Waals surface area contributed by atoms with Gasteiger partial charge in [-0.05, 0) is 19.0 Å². The molecule has 0 aromatic carbocycles. The highest BCUT2D eigenvalue weighted by atomic mass is 31.1. The van der Waals surface area contributed by atoms with Gasteiger partial charge >= 0.3 is 0 Å². The third-order valence-electron chi connectivity index (χ3n) is 1.71. The third kappa shape index (κ3) is 6.36. The smallest absolute Gasteiger partial charge is 0.222 e. The molecule has 12 heavy (non-hydrogen) atoms. The van der Waals surface area contributed by atoms with Gasteiger partial charge in [0.25, 0.3) is 0 Å². The highest BCUT2D eigenvalue weighted by Gasteiger charge is 2.01. The summed E-state index contributed by atoms with van der Waals surface area (Å²) in [4.78, 5) is 12.7. The molecule has 70 valence electrons. The fourth-order valence-electron chi connectivity index (χ4n) is 0.900. The second-order valence-corrected chi connectivity index (χ2v) is 3.94. The molecule has 0 radical (unpaired) electrons. The molecule has 2 nitrogen and oxygen atoms in total. The lowest BCUT2D eigenvalue weighted by Gasteiger charge is -2.08. The van der Waals surface area contributed by atoms with Gasteiger partial charge in [-0.1, -0.05) is 12.7 Å². The quantitative estimate of drug-likeness (QED) is 0.460. The van der Waals surface area contributed by atoms with Gasteiger partial charge in [0.2, 0.25) is 5.91 Å². The van der Waals surface area contributed by atoms with E-state index in [1.54, 1.807) is 19.0 Å². The molecule has 0 bridgehead atoms. The van der Waals surface area contributed by atoms with Crippen molar-refractivity contribution in [1.29, 1.82) is 0 Å². The second kappa shape index (κ2) is 7.30. The topological polar surface area (TPSA) is 20.3 Å². The maximum atomic E-state index is 11.1. The summed E-state index contributed by atoms with van der Waals surface area (Å²) >= 11 is 0. The molecule has 0 saturated carbocycles. The molecule has 0 aromatic rings. The lowest BCUT2D eigenvalue weighted by Crippen LogP contribution is -2.20. The number of hydrogen-bond acceptors (Lipinski definition) is 1. The molecule has 0 aliphatic rings. The Balaban J connectivity index is 3.19. The van der Waals surface area contributed by atoms with Crippen LogP contribution >= 0.6 is 8.20 Å². The summed E-state index contributed by atoms with van der Waals surface area (Å²) in [7, 11) is 4.82. The lowest BCUT2D eigenvalue weighted by molar-refractivity contribution is -0.128. The molecule has 3 heteroatoms. The number of amides is 1. The first-order chi connectivity index (χ1) is 5.68. The lowest BCUT2D eigenvalue weighted by atomic mass is 10.2. The van der Waals surface area contributed by atoms with E-state index in [0.29, 0.717) is 6.42 Å². The summed E-state index contributed by atoms with van der Waals surface area (Å²) < 4.78 is 0. The van der Waals surface area contributed by atoms with Crippen LogP contribution in [0.4, 0.5) is 0 Å². The molecule has 0 N–H and O–H groups in total. The molecule has 0 heterocycles. The molecule has 0 atom stereocenters. The van der Waals surface area contributed by atoms with E-state index in [4.69, 9.17) is 0 Å². The monoisotopic (exact) mass is 187 g/mol. The molecule has 0 aromatic heterocycles. The van der Waals surface area contributed by atoms with Crippen LogP contribution in [0.1, 0.15) is 25.7 Å². The molecular formula is C9H18NOP. The van der Waals surface area contributed by atoms with E-state index in [9.17, 15) is 4.79 Å².